The molecule has 1 unspecified atom stereocenters. The monoisotopic (exact) mass is 357 g/mol. The Labute approximate surface area is 151 Å². The number of aryl methyl sites for hydroxylation is 1. The van der Waals surface area contributed by atoms with E-state index in [9.17, 15) is 8.42 Å². The van der Waals surface area contributed by atoms with Gasteiger partial charge in [-0.15, -0.1) is 0 Å². The normalized spacial score (nSPS) is 17.4. The van der Waals surface area contributed by atoms with Gasteiger partial charge in [0.25, 0.3) is 0 Å². The molecule has 4 heteroatoms. The number of rotatable bonds is 3. The molecule has 0 saturated heterocycles. The lowest BCUT2D eigenvalue weighted by Crippen LogP contribution is -2.32. The summed E-state index contributed by atoms with van der Waals surface area (Å²) in [5, 5.41) is 0. The molecule has 25 heavy (non-hydrogen) atoms. The van der Waals surface area contributed by atoms with Gasteiger partial charge in [0.2, 0.25) is 10.0 Å². The molecule has 0 fully saturated rings. The zero-order chi connectivity index (χ0) is 18.4. The molecule has 0 amide bonds. The summed E-state index contributed by atoms with van der Waals surface area (Å²) in [6.07, 6.45) is 2.88. The summed E-state index contributed by atoms with van der Waals surface area (Å²) in [6.45, 7) is 9.90. The fourth-order valence-corrected chi connectivity index (χ4v) is 5.84. The van der Waals surface area contributed by atoms with Crippen LogP contribution in [-0.2, 0) is 16.4 Å². The van der Waals surface area contributed by atoms with Crippen LogP contribution in [-0.4, -0.2) is 8.42 Å². The van der Waals surface area contributed by atoms with Gasteiger partial charge in [0.15, 0.2) is 0 Å². The summed E-state index contributed by atoms with van der Waals surface area (Å²) in [5.41, 5.74) is 7.39. The zero-order valence-corrected chi connectivity index (χ0v) is 16.5. The van der Waals surface area contributed by atoms with Crippen LogP contribution in [0, 0.1) is 34.6 Å². The maximum atomic E-state index is 13.3. The van der Waals surface area contributed by atoms with Crippen molar-refractivity contribution in [2.24, 2.45) is 0 Å². The minimum atomic E-state index is -3.58. The maximum absolute atomic E-state index is 13.3. The lowest BCUT2D eigenvalue weighted by atomic mass is 9.88. The minimum Gasteiger partial charge on any atom is -0.207 e. The highest BCUT2D eigenvalue weighted by atomic mass is 32.2. The highest BCUT2D eigenvalue weighted by molar-refractivity contribution is 7.89. The van der Waals surface area contributed by atoms with Crippen molar-refractivity contribution in [3.8, 4) is 0 Å². The van der Waals surface area contributed by atoms with E-state index >= 15 is 0 Å². The van der Waals surface area contributed by atoms with E-state index in [1.807, 2.05) is 45.9 Å². The third-order valence-electron chi connectivity index (χ3n) is 5.87. The van der Waals surface area contributed by atoms with Crippen LogP contribution < -0.4 is 4.72 Å². The third-order valence-corrected chi connectivity index (χ3v) is 7.61. The Hall–Kier alpha value is -1.65. The van der Waals surface area contributed by atoms with E-state index in [0.717, 1.165) is 47.1 Å². The van der Waals surface area contributed by atoms with Crippen molar-refractivity contribution in [2.45, 2.75) is 64.8 Å². The summed E-state index contributed by atoms with van der Waals surface area (Å²) in [5.74, 6) is 0. The molecule has 0 saturated carbocycles. The first-order chi connectivity index (χ1) is 11.7. The molecule has 1 aliphatic carbocycles. The molecule has 1 atom stereocenters. The van der Waals surface area contributed by atoms with Crippen molar-refractivity contribution in [3.63, 3.8) is 0 Å². The first-order valence-corrected chi connectivity index (χ1v) is 10.4. The number of hydrogen-bond acceptors (Lipinski definition) is 2. The lowest BCUT2D eigenvalue weighted by molar-refractivity contribution is 0.506. The summed E-state index contributed by atoms with van der Waals surface area (Å²) >= 11 is 0. The van der Waals surface area contributed by atoms with Gasteiger partial charge in [0.05, 0.1) is 4.90 Å². The van der Waals surface area contributed by atoms with Crippen LogP contribution in [0.1, 0.15) is 57.8 Å². The molecular formula is C21H27NO2S. The molecule has 2 aromatic rings. The molecule has 134 valence electrons. The second-order valence-electron chi connectivity index (χ2n) is 7.22. The lowest BCUT2D eigenvalue weighted by Gasteiger charge is -2.27. The predicted molar refractivity (Wildman–Crippen MR) is 103 cm³/mol. The third kappa shape index (κ3) is 3.13. The van der Waals surface area contributed by atoms with Gasteiger partial charge >= 0.3 is 0 Å². The average molecular weight is 358 g/mol. The minimum absolute atomic E-state index is 0.143. The summed E-state index contributed by atoms with van der Waals surface area (Å²) in [4.78, 5) is 0.455. The van der Waals surface area contributed by atoms with Crippen molar-refractivity contribution in [3.05, 3.63) is 63.2 Å². The predicted octanol–water partition coefficient (Wildman–Crippen LogP) is 4.58. The Morgan fingerprint density at radius 3 is 2.08 bits per heavy atom. The molecule has 0 bridgehead atoms. The van der Waals surface area contributed by atoms with E-state index in [-0.39, 0.29) is 6.04 Å². The van der Waals surface area contributed by atoms with E-state index in [0.29, 0.717) is 4.90 Å². The first-order valence-electron chi connectivity index (χ1n) is 8.91. The van der Waals surface area contributed by atoms with Crippen LogP contribution in [0.2, 0.25) is 0 Å². The number of benzene rings is 2. The molecule has 0 spiro atoms. The maximum Gasteiger partial charge on any atom is 0.241 e. The molecule has 0 aromatic heterocycles. The van der Waals surface area contributed by atoms with Crippen LogP contribution in [0.3, 0.4) is 0 Å². The van der Waals surface area contributed by atoms with Crippen LogP contribution >= 0.6 is 0 Å². The van der Waals surface area contributed by atoms with E-state index in [1.165, 1.54) is 11.1 Å². The summed E-state index contributed by atoms with van der Waals surface area (Å²) < 4.78 is 29.5. The topological polar surface area (TPSA) is 46.2 Å². The van der Waals surface area contributed by atoms with Gasteiger partial charge in [-0.25, -0.2) is 13.1 Å². The van der Waals surface area contributed by atoms with Gasteiger partial charge in [0, 0.05) is 6.04 Å². The Balaban J connectivity index is 2.06. The van der Waals surface area contributed by atoms with E-state index in [4.69, 9.17) is 0 Å². The standard InChI is InChI=1S/C21H27NO2S/c1-13-14(2)16(4)21(17(5)15(13)3)25(23,24)22-20-12-8-10-18-9-6-7-11-19(18)20/h6-7,9,11,20,22H,8,10,12H2,1-5H3. The molecule has 3 rings (SSSR count). The van der Waals surface area contributed by atoms with Crippen molar-refractivity contribution >= 4 is 10.0 Å². The van der Waals surface area contributed by atoms with Crippen LogP contribution in [0.5, 0.6) is 0 Å². The highest BCUT2D eigenvalue weighted by Gasteiger charge is 2.29. The largest absolute Gasteiger partial charge is 0.241 e. The average Bonchev–Trinajstić information content (AvgIpc) is 2.58. The van der Waals surface area contributed by atoms with Gasteiger partial charge in [-0.1, -0.05) is 24.3 Å². The number of hydrogen-bond donors (Lipinski definition) is 1. The van der Waals surface area contributed by atoms with E-state index < -0.39 is 10.0 Å². The fraction of sp³-hybridized carbons (Fsp3) is 0.429. The van der Waals surface area contributed by atoms with Gasteiger partial charge in [0.1, 0.15) is 0 Å². The Bertz CT molecular complexity index is 900. The molecular weight excluding hydrogens is 330 g/mol. The molecule has 3 nitrogen and oxygen atoms in total. The number of nitrogens with one attached hydrogen (secondary N) is 1. The highest BCUT2D eigenvalue weighted by Crippen LogP contribution is 2.34. The number of fused-ring (bicyclic) bond motifs is 1. The quantitative estimate of drug-likeness (QED) is 0.873. The molecule has 0 aliphatic heterocycles. The van der Waals surface area contributed by atoms with Crippen molar-refractivity contribution in [1.29, 1.82) is 0 Å². The molecule has 1 N–H and O–H groups in total. The fourth-order valence-electron chi connectivity index (χ4n) is 3.99. The summed E-state index contributed by atoms with van der Waals surface area (Å²) in [7, 11) is -3.58. The Morgan fingerprint density at radius 2 is 1.44 bits per heavy atom. The van der Waals surface area contributed by atoms with Crippen LogP contribution in [0.15, 0.2) is 29.2 Å². The van der Waals surface area contributed by atoms with Crippen molar-refractivity contribution in [1.82, 2.24) is 4.72 Å². The molecule has 2 aromatic carbocycles. The first kappa shape index (κ1) is 18.2. The van der Waals surface area contributed by atoms with E-state index in [2.05, 4.69) is 17.7 Å². The van der Waals surface area contributed by atoms with Crippen molar-refractivity contribution < 1.29 is 8.42 Å². The zero-order valence-electron chi connectivity index (χ0n) is 15.7. The SMILES string of the molecule is Cc1c(C)c(C)c(S(=O)(=O)NC2CCCc3ccccc32)c(C)c1C. The second kappa shape index (κ2) is 6.58. The molecule has 0 heterocycles. The second-order valence-corrected chi connectivity index (χ2v) is 8.87. The smallest absolute Gasteiger partial charge is 0.207 e. The summed E-state index contributed by atoms with van der Waals surface area (Å²) in [6, 6.07) is 8.02. The van der Waals surface area contributed by atoms with Gasteiger partial charge in [-0.05, 0) is 92.8 Å². The van der Waals surface area contributed by atoms with Gasteiger partial charge in [-0.2, -0.15) is 0 Å². The van der Waals surface area contributed by atoms with E-state index in [1.54, 1.807) is 0 Å². The van der Waals surface area contributed by atoms with Crippen molar-refractivity contribution in [2.75, 3.05) is 0 Å². The van der Waals surface area contributed by atoms with Crippen LogP contribution in [0.25, 0.3) is 0 Å². The Kier molecular flexibility index (Phi) is 4.78. The molecule has 1 aliphatic rings. The Morgan fingerprint density at radius 1 is 0.880 bits per heavy atom. The van der Waals surface area contributed by atoms with Gasteiger partial charge < -0.3 is 0 Å². The van der Waals surface area contributed by atoms with Gasteiger partial charge in [-0.3, -0.25) is 0 Å². The molecule has 0 radical (unpaired) electrons. The number of sulfonamides is 1. The van der Waals surface area contributed by atoms with Crippen LogP contribution in [0.4, 0.5) is 0 Å².